The van der Waals surface area contributed by atoms with Crippen molar-refractivity contribution in [3.05, 3.63) is 52.2 Å². The van der Waals surface area contributed by atoms with E-state index in [2.05, 4.69) is 28.0 Å². The molecule has 5 heteroatoms. The summed E-state index contributed by atoms with van der Waals surface area (Å²) < 4.78 is 5.51. The second kappa shape index (κ2) is 9.79. The number of thiophene rings is 1. The Bertz CT molecular complexity index is 624. The minimum Gasteiger partial charge on any atom is -0.493 e. The van der Waals surface area contributed by atoms with Crippen LogP contribution in [-0.4, -0.2) is 18.7 Å². The molecule has 0 saturated heterocycles. The van der Waals surface area contributed by atoms with Crippen LogP contribution in [0.15, 0.2) is 46.9 Å². The number of hydrazone groups is 1. The summed E-state index contributed by atoms with van der Waals surface area (Å²) >= 11 is 1.76. The van der Waals surface area contributed by atoms with Crippen molar-refractivity contribution in [2.45, 2.75) is 32.6 Å². The zero-order valence-electron chi connectivity index (χ0n) is 13.3. The summed E-state index contributed by atoms with van der Waals surface area (Å²) in [6.45, 7) is 2.54. The number of carbonyl (C=O) groups is 1. The maximum Gasteiger partial charge on any atom is 0.240 e. The molecule has 0 saturated carbocycles. The Morgan fingerprint density at radius 3 is 2.91 bits per heavy atom. The van der Waals surface area contributed by atoms with Gasteiger partial charge in [0.05, 0.1) is 12.8 Å². The molecule has 2 aromatic rings. The Balaban J connectivity index is 1.69. The van der Waals surface area contributed by atoms with Crippen LogP contribution in [0, 0.1) is 0 Å². The SMILES string of the molecule is CCOc1ccccc1/C=N/NC(=O)CCCCc1cccs1. The number of unbranched alkanes of at least 4 members (excludes halogenated alkanes) is 1. The van der Waals surface area contributed by atoms with Gasteiger partial charge in [-0.3, -0.25) is 4.79 Å². The fraction of sp³-hybridized carbons (Fsp3) is 0.333. The molecule has 0 fully saturated rings. The van der Waals surface area contributed by atoms with Crippen molar-refractivity contribution in [1.82, 2.24) is 5.43 Å². The van der Waals surface area contributed by atoms with Crippen LogP contribution in [0.1, 0.15) is 36.6 Å². The van der Waals surface area contributed by atoms with Crippen molar-refractivity contribution >= 4 is 23.5 Å². The van der Waals surface area contributed by atoms with E-state index < -0.39 is 0 Å². The van der Waals surface area contributed by atoms with Gasteiger partial charge in [0.15, 0.2) is 0 Å². The molecule has 0 atom stereocenters. The lowest BCUT2D eigenvalue weighted by molar-refractivity contribution is -0.121. The minimum absolute atomic E-state index is 0.0543. The zero-order valence-corrected chi connectivity index (χ0v) is 14.1. The molecule has 0 aliphatic rings. The molecular formula is C18H22N2O2S. The topological polar surface area (TPSA) is 50.7 Å². The third kappa shape index (κ3) is 6.24. The van der Waals surface area contributed by atoms with Crippen LogP contribution in [-0.2, 0) is 11.2 Å². The standard InChI is InChI=1S/C18H22N2O2S/c1-2-22-17-11-5-3-8-15(17)14-19-20-18(21)12-6-4-9-16-10-7-13-23-16/h3,5,7-8,10-11,13-14H,2,4,6,9,12H2,1H3,(H,20,21)/b19-14+. The number of rotatable bonds is 9. The van der Waals surface area contributed by atoms with Crippen LogP contribution < -0.4 is 10.2 Å². The first-order valence-electron chi connectivity index (χ1n) is 7.85. The Morgan fingerprint density at radius 1 is 1.26 bits per heavy atom. The van der Waals surface area contributed by atoms with Crippen LogP contribution in [0.4, 0.5) is 0 Å². The summed E-state index contributed by atoms with van der Waals surface area (Å²) in [4.78, 5) is 13.1. The molecular weight excluding hydrogens is 308 g/mol. The third-order valence-electron chi connectivity index (χ3n) is 3.27. The number of nitrogens with zero attached hydrogens (tertiary/aromatic N) is 1. The highest BCUT2D eigenvalue weighted by molar-refractivity contribution is 7.09. The normalized spacial score (nSPS) is 10.8. The molecule has 1 N–H and O–H groups in total. The number of benzene rings is 1. The number of carbonyl (C=O) groups excluding carboxylic acids is 1. The molecule has 1 heterocycles. The van der Waals surface area contributed by atoms with E-state index in [4.69, 9.17) is 4.74 Å². The predicted molar refractivity (Wildman–Crippen MR) is 95.2 cm³/mol. The Kier molecular flexibility index (Phi) is 7.33. The van der Waals surface area contributed by atoms with Crippen LogP contribution in [0.5, 0.6) is 5.75 Å². The van der Waals surface area contributed by atoms with E-state index in [1.165, 1.54) is 4.88 Å². The third-order valence-corrected chi connectivity index (χ3v) is 4.21. The average Bonchev–Trinajstić information content (AvgIpc) is 3.07. The monoisotopic (exact) mass is 330 g/mol. The highest BCUT2D eigenvalue weighted by atomic mass is 32.1. The second-order valence-electron chi connectivity index (χ2n) is 5.05. The highest BCUT2D eigenvalue weighted by Gasteiger charge is 2.02. The quantitative estimate of drug-likeness (QED) is 0.429. The highest BCUT2D eigenvalue weighted by Crippen LogP contribution is 2.15. The Morgan fingerprint density at radius 2 is 2.13 bits per heavy atom. The molecule has 1 amide bonds. The van der Waals surface area contributed by atoms with Gasteiger partial charge >= 0.3 is 0 Å². The lowest BCUT2D eigenvalue weighted by Crippen LogP contribution is -2.17. The Hall–Kier alpha value is -2.14. The first-order valence-corrected chi connectivity index (χ1v) is 8.73. The Labute approximate surface area is 141 Å². The van der Waals surface area contributed by atoms with Crippen LogP contribution in [0.3, 0.4) is 0 Å². The number of aryl methyl sites for hydroxylation is 1. The molecule has 4 nitrogen and oxygen atoms in total. The number of hydrogen-bond acceptors (Lipinski definition) is 4. The summed E-state index contributed by atoms with van der Waals surface area (Å²) in [6.07, 6.45) is 5.04. The van der Waals surface area contributed by atoms with Crippen molar-refractivity contribution in [3.63, 3.8) is 0 Å². The number of para-hydroxylation sites is 1. The van der Waals surface area contributed by atoms with Gasteiger partial charge in [-0.1, -0.05) is 18.2 Å². The van der Waals surface area contributed by atoms with Gasteiger partial charge in [0.25, 0.3) is 0 Å². The molecule has 0 radical (unpaired) electrons. The number of amides is 1. The maximum atomic E-state index is 11.8. The number of nitrogens with one attached hydrogen (secondary N) is 1. The fourth-order valence-electron chi connectivity index (χ4n) is 2.14. The molecule has 2 rings (SSSR count). The first-order chi connectivity index (χ1) is 11.3. The fourth-order valence-corrected chi connectivity index (χ4v) is 2.89. The molecule has 0 aliphatic carbocycles. The van der Waals surface area contributed by atoms with Crippen molar-refractivity contribution < 1.29 is 9.53 Å². The van der Waals surface area contributed by atoms with Gasteiger partial charge in [-0.05, 0) is 49.8 Å². The van der Waals surface area contributed by atoms with Gasteiger partial charge in [0.1, 0.15) is 5.75 Å². The van der Waals surface area contributed by atoms with Crippen LogP contribution in [0.25, 0.3) is 0 Å². The van der Waals surface area contributed by atoms with E-state index in [1.807, 2.05) is 31.2 Å². The van der Waals surface area contributed by atoms with Crippen molar-refractivity contribution in [2.24, 2.45) is 5.10 Å². The smallest absolute Gasteiger partial charge is 0.240 e. The largest absolute Gasteiger partial charge is 0.493 e. The van der Waals surface area contributed by atoms with Gasteiger partial charge in [-0.15, -0.1) is 11.3 Å². The van der Waals surface area contributed by atoms with Gasteiger partial charge in [0, 0.05) is 16.9 Å². The predicted octanol–water partition coefficient (Wildman–Crippen LogP) is 4.01. The summed E-state index contributed by atoms with van der Waals surface area (Å²) in [5, 5.41) is 6.09. The number of ether oxygens (including phenoxy) is 1. The summed E-state index contributed by atoms with van der Waals surface area (Å²) in [5.41, 5.74) is 3.43. The molecule has 0 spiro atoms. The molecule has 0 unspecified atom stereocenters. The summed E-state index contributed by atoms with van der Waals surface area (Å²) in [5.74, 6) is 0.713. The molecule has 1 aromatic heterocycles. The average molecular weight is 330 g/mol. The van der Waals surface area contributed by atoms with Gasteiger partial charge in [0.2, 0.25) is 5.91 Å². The second-order valence-corrected chi connectivity index (χ2v) is 6.08. The molecule has 1 aromatic carbocycles. The number of hydrogen-bond donors (Lipinski definition) is 1. The lowest BCUT2D eigenvalue weighted by Gasteiger charge is -2.05. The molecule has 122 valence electrons. The van der Waals surface area contributed by atoms with Crippen LogP contribution >= 0.6 is 11.3 Å². The molecule has 0 aliphatic heterocycles. The van der Waals surface area contributed by atoms with Gasteiger partial charge in [-0.25, -0.2) is 5.43 Å². The first kappa shape index (κ1) is 17.2. The zero-order chi connectivity index (χ0) is 16.3. The van der Waals surface area contributed by atoms with Gasteiger partial charge < -0.3 is 4.74 Å². The van der Waals surface area contributed by atoms with Gasteiger partial charge in [-0.2, -0.15) is 5.10 Å². The van der Waals surface area contributed by atoms with Crippen molar-refractivity contribution in [3.8, 4) is 5.75 Å². The van der Waals surface area contributed by atoms with E-state index >= 15 is 0 Å². The maximum absolute atomic E-state index is 11.8. The molecule has 0 bridgehead atoms. The van der Waals surface area contributed by atoms with Crippen LogP contribution in [0.2, 0.25) is 0 Å². The van der Waals surface area contributed by atoms with Crippen molar-refractivity contribution in [2.75, 3.05) is 6.61 Å². The van der Waals surface area contributed by atoms with E-state index in [0.717, 1.165) is 30.6 Å². The van der Waals surface area contributed by atoms with E-state index in [1.54, 1.807) is 17.6 Å². The van der Waals surface area contributed by atoms with E-state index in [-0.39, 0.29) is 5.91 Å². The minimum atomic E-state index is -0.0543. The summed E-state index contributed by atoms with van der Waals surface area (Å²) in [7, 11) is 0. The lowest BCUT2D eigenvalue weighted by atomic mass is 10.2. The molecule has 23 heavy (non-hydrogen) atoms. The summed E-state index contributed by atoms with van der Waals surface area (Å²) in [6, 6.07) is 11.8. The van der Waals surface area contributed by atoms with E-state index in [9.17, 15) is 4.79 Å². The van der Waals surface area contributed by atoms with E-state index in [0.29, 0.717) is 13.0 Å². The van der Waals surface area contributed by atoms with Crippen molar-refractivity contribution in [1.29, 1.82) is 0 Å².